The topological polar surface area (TPSA) is 54.9 Å². The monoisotopic (exact) mass is 345 g/mol. The molecule has 6 heteroatoms. The van der Waals surface area contributed by atoms with Crippen LogP contribution in [0.1, 0.15) is 57.5 Å². The number of hydrogen-bond donors (Lipinski definition) is 1. The third-order valence-corrected chi connectivity index (χ3v) is 5.78. The summed E-state index contributed by atoms with van der Waals surface area (Å²) in [4.78, 5) is 12.4. The Kier molecular flexibility index (Phi) is 4.18. The van der Waals surface area contributed by atoms with Crippen LogP contribution in [0.3, 0.4) is 0 Å². The summed E-state index contributed by atoms with van der Waals surface area (Å²) in [5.74, 6) is -0.273. The molecule has 0 spiro atoms. The van der Waals surface area contributed by atoms with Gasteiger partial charge in [0.2, 0.25) is 0 Å². The number of rotatable bonds is 6. The van der Waals surface area contributed by atoms with Crippen molar-refractivity contribution in [3.8, 4) is 0 Å². The molecule has 4 rings (SSSR count). The molecule has 1 N–H and O–H groups in total. The third-order valence-electron chi connectivity index (χ3n) is 4.94. The number of nitrogens with zero attached hydrogens (tertiary/aromatic N) is 2. The van der Waals surface area contributed by atoms with Crippen molar-refractivity contribution in [3.05, 3.63) is 45.2 Å². The van der Waals surface area contributed by atoms with Crippen molar-refractivity contribution >= 4 is 17.1 Å². The summed E-state index contributed by atoms with van der Waals surface area (Å²) >= 11 is 1.38. The normalized spacial score (nSPS) is 23.1. The number of carbonyl (C=O) groups excluding carboxylic acids is 1. The minimum Gasteiger partial charge on any atom is -0.311 e. The van der Waals surface area contributed by atoms with Crippen LogP contribution in [0.2, 0.25) is 0 Å². The molecular formula is C18H20FN3OS. The summed E-state index contributed by atoms with van der Waals surface area (Å²) in [6.07, 6.45) is 5.02. The zero-order chi connectivity index (χ0) is 16.7. The molecule has 2 aliphatic carbocycles. The van der Waals surface area contributed by atoms with Gasteiger partial charge >= 0.3 is 0 Å². The molecule has 0 bridgehead atoms. The summed E-state index contributed by atoms with van der Waals surface area (Å²) in [6, 6.07) is 6.11. The average Bonchev–Trinajstić information content (AvgIpc) is 3.17. The fourth-order valence-electron chi connectivity index (χ4n) is 3.25. The Morgan fingerprint density at radius 2 is 2.21 bits per heavy atom. The third kappa shape index (κ3) is 3.26. The molecule has 4 nitrogen and oxygen atoms in total. The van der Waals surface area contributed by atoms with E-state index >= 15 is 0 Å². The van der Waals surface area contributed by atoms with Gasteiger partial charge in [-0.3, -0.25) is 4.79 Å². The molecular weight excluding hydrogens is 325 g/mol. The van der Waals surface area contributed by atoms with Gasteiger partial charge in [-0.15, -0.1) is 21.5 Å². The molecule has 2 unspecified atom stereocenters. The van der Waals surface area contributed by atoms with E-state index in [0.717, 1.165) is 17.0 Å². The summed E-state index contributed by atoms with van der Waals surface area (Å²) in [6.45, 7) is 1.84. The Morgan fingerprint density at radius 1 is 1.38 bits per heavy atom. The molecule has 0 amide bonds. The van der Waals surface area contributed by atoms with E-state index in [-0.39, 0.29) is 17.8 Å². The lowest BCUT2D eigenvalue weighted by atomic mass is 9.93. The highest BCUT2D eigenvalue weighted by molar-refractivity contribution is 7.11. The summed E-state index contributed by atoms with van der Waals surface area (Å²) in [7, 11) is 0. The SMILES string of the molecule is Cc1nnc(CC(=O)c2cc(C3CC3NC3CCC3)ccc2F)s1. The summed E-state index contributed by atoms with van der Waals surface area (Å²) in [5.41, 5.74) is 1.24. The Hall–Kier alpha value is -1.66. The number of aromatic nitrogens is 2. The Bertz CT molecular complexity index is 771. The average molecular weight is 345 g/mol. The largest absolute Gasteiger partial charge is 0.311 e. The molecule has 24 heavy (non-hydrogen) atoms. The van der Waals surface area contributed by atoms with Crippen molar-refractivity contribution in [3.63, 3.8) is 0 Å². The van der Waals surface area contributed by atoms with Crippen LogP contribution in [0, 0.1) is 12.7 Å². The number of carbonyl (C=O) groups is 1. The molecule has 2 aromatic rings. The van der Waals surface area contributed by atoms with E-state index in [1.54, 1.807) is 6.07 Å². The number of nitrogens with one attached hydrogen (secondary N) is 1. The lowest BCUT2D eigenvalue weighted by Gasteiger charge is -2.26. The van der Waals surface area contributed by atoms with Crippen LogP contribution in [0.15, 0.2) is 18.2 Å². The Balaban J connectivity index is 1.46. The van der Waals surface area contributed by atoms with Crippen LogP contribution in [0.5, 0.6) is 0 Å². The number of ketones is 1. The van der Waals surface area contributed by atoms with Crippen LogP contribution >= 0.6 is 11.3 Å². The predicted octanol–water partition coefficient (Wildman–Crippen LogP) is 3.41. The van der Waals surface area contributed by atoms with Crippen molar-refractivity contribution in [2.24, 2.45) is 0 Å². The van der Waals surface area contributed by atoms with E-state index in [4.69, 9.17) is 0 Å². The van der Waals surface area contributed by atoms with Gasteiger partial charge in [0, 0.05) is 18.0 Å². The van der Waals surface area contributed by atoms with Crippen LogP contribution in [0.4, 0.5) is 4.39 Å². The van der Waals surface area contributed by atoms with Gasteiger partial charge in [-0.1, -0.05) is 12.5 Å². The first-order valence-corrected chi connectivity index (χ1v) is 9.29. The first-order chi connectivity index (χ1) is 11.6. The van der Waals surface area contributed by atoms with Gasteiger partial charge in [-0.05, 0) is 43.9 Å². The smallest absolute Gasteiger partial charge is 0.172 e. The highest BCUT2D eigenvalue weighted by atomic mass is 32.1. The minimum atomic E-state index is -0.450. The number of aryl methyl sites for hydroxylation is 1. The van der Waals surface area contributed by atoms with Crippen LogP contribution in [0.25, 0.3) is 0 Å². The number of hydrogen-bond acceptors (Lipinski definition) is 5. The first-order valence-electron chi connectivity index (χ1n) is 8.48. The van der Waals surface area contributed by atoms with E-state index in [1.807, 2.05) is 13.0 Å². The molecule has 2 fully saturated rings. The minimum absolute atomic E-state index is 0.111. The van der Waals surface area contributed by atoms with Gasteiger partial charge in [-0.2, -0.15) is 0 Å². The predicted molar refractivity (Wildman–Crippen MR) is 91.0 cm³/mol. The molecule has 2 saturated carbocycles. The maximum atomic E-state index is 14.1. The fourth-order valence-corrected chi connectivity index (χ4v) is 3.96. The maximum absolute atomic E-state index is 14.1. The zero-order valence-electron chi connectivity index (χ0n) is 13.6. The molecule has 0 saturated heterocycles. The highest BCUT2D eigenvalue weighted by Crippen LogP contribution is 2.42. The first kappa shape index (κ1) is 15.8. The Labute approximate surface area is 144 Å². The van der Waals surface area contributed by atoms with Gasteiger partial charge in [0.1, 0.15) is 15.8 Å². The van der Waals surface area contributed by atoms with Gasteiger partial charge in [-0.25, -0.2) is 4.39 Å². The molecule has 1 aromatic heterocycles. The van der Waals surface area contributed by atoms with Crippen molar-refractivity contribution in [1.29, 1.82) is 0 Å². The van der Waals surface area contributed by atoms with Crippen molar-refractivity contribution in [2.45, 2.75) is 57.0 Å². The quantitative estimate of drug-likeness (QED) is 0.815. The lowest BCUT2D eigenvalue weighted by molar-refractivity contribution is 0.0988. The van der Waals surface area contributed by atoms with E-state index in [9.17, 15) is 9.18 Å². The van der Waals surface area contributed by atoms with Crippen molar-refractivity contribution < 1.29 is 9.18 Å². The molecule has 0 aliphatic heterocycles. The zero-order valence-corrected chi connectivity index (χ0v) is 14.4. The van der Waals surface area contributed by atoms with E-state index in [1.165, 1.54) is 36.7 Å². The number of benzene rings is 1. The van der Waals surface area contributed by atoms with Crippen molar-refractivity contribution in [1.82, 2.24) is 15.5 Å². The van der Waals surface area contributed by atoms with E-state index in [2.05, 4.69) is 15.5 Å². The number of Topliss-reactive ketones (excluding diaryl/α,β-unsaturated/α-hetero) is 1. The lowest BCUT2D eigenvalue weighted by Crippen LogP contribution is -2.37. The summed E-state index contributed by atoms with van der Waals surface area (Å²) in [5, 5.41) is 13.0. The molecule has 1 heterocycles. The van der Waals surface area contributed by atoms with Crippen LogP contribution in [-0.2, 0) is 6.42 Å². The Morgan fingerprint density at radius 3 is 2.88 bits per heavy atom. The van der Waals surface area contributed by atoms with Gasteiger partial charge in [0.05, 0.1) is 12.0 Å². The van der Waals surface area contributed by atoms with Crippen LogP contribution < -0.4 is 5.32 Å². The molecule has 1 aromatic carbocycles. The molecule has 2 atom stereocenters. The van der Waals surface area contributed by atoms with E-state index < -0.39 is 5.82 Å². The maximum Gasteiger partial charge on any atom is 0.172 e. The number of halogens is 1. The highest BCUT2D eigenvalue weighted by Gasteiger charge is 2.40. The standard InChI is InChI=1S/C18H20FN3OS/c1-10-21-22-18(24-10)9-17(23)14-7-11(5-6-15(14)19)13-8-16(13)20-12-3-2-4-12/h5-7,12-13,16,20H,2-4,8-9H2,1H3. The van der Waals surface area contributed by atoms with Gasteiger partial charge in [0.25, 0.3) is 0 Å². The second kappa shape index (κ2) is 6.33. The molecule has 2 aliphatic rings. The second-order valence-corrected chi connectivity index (χ2v) is 8.06. The van der Waals surface area contributed by atoms with Crippen molar-refractivity contribution in [2.75, 3.05) is 0 Å². The van der Waals surface area contributed by atoms with Gasteiger partial charge < -0.3 is 5.32 Å². The molecule has 126 valence electrons. The molecule has 0 radical (unpaired) electrons. The van der Waals surface area contributed by atoms with E-state index in [0.29, 0.717) is 23.0 Å². The van der Waals surface area contributed by atoms with Gasteiger partial charge in [0.15, 0.2) is 5.78 Å². The second-order valence-electron chi connectivity index (χ2n) is 6.80. The van der Waals surface area contributed by atoms with Crippen LogP contribution in [-0.4, -0.2) is 28.1 Å². The fraction of sp³-hybridized carbons (Fsp3) is 0.500. The summed E-state index contributed by atoms with van der Waals surface area (Å²) < 4.78 is 14.1.